The largest absolute Gasteiger partial charge is 0.460 e. The number of carbonyl (C=O) groups excluding carboxylic acids is 1. The third-order valence-corrected chi connectivity index (χ3v) is 3.79. The molecule has 0 aliphatic rings. The fourth-order valence-electron chi connectivity index (χ4n) is 2.53. The van der Waals surface area contributed by atoms with Crippen molar-refractivity contribution in [1.82, 2.24) is 9.55 Å². The Bertz CT molecular complexity index is 975. The molecule has 0 amide bonds. The van der Waals surface area contributed by atoms with Crippen molar-refractivity contribution in [1.29, 1.82) is 0 Å². The number of benzene rings is 2. The van der Waals surface area contributed by atoms with E-state index in [-0.39, 0.29) is 18.7 Å². The first kappa shape index (κ1) is 16.6. The Balaban J connectivity index is 1.66. The number of ether oxygens (including phenoxy) is 1. The lowest BCUT2D eigenvalue weighted by Crippen LogP contribution is -2.28. The van der Waals surface area contributed by atoms with E-state index in [1.54, 1.807) is 31.2 Å². The molecule has 0 aliphatic heterocycles. The lowest BCUT2D eigenvalue weighted by Gasteiger charge is -2.10. The van der Waals surface area contributed by atoms with Gasteiger partial charge in [-0.15, -0.1) is 0 Å². The van der Waals surface area contributed by atoms with Gasteiger partial charge in [0.05, 0.1) is 10.9 Å². The third kappa shape index (κ3) is 4.01. The molecule has 0 bridgehead atoms. The molecule has 0 spiro atoms. The molecule has 0 aliphatic carbocycles. The van der Waals surface area contributed by atoms with Crippen molar-refractivity contribution < 1.29 is 9.53 Å². The smallest absolute Gasteiger partial charge is 0.326 e. The number of para-hydroxylation sites is 1. The third-order valence-electron chi connectivity index (χ3n) is 3.79. The Morgan fingerprint density at radius 2 is 1.84 bits per heavy atom. The van der Waals surface area contributed by atoms with Crippen molar-refractivity contribution in [3.8, 4) is 0 Å². The van der Waals surface area contributed by atoms with E-state index in [9.17, 15) is 9.59 Å². The Morgan fingerprint density at radius 3 is 2.64 bits per heavy atom. The predicted molar refractivity (Wildman–Crippen MR) is 97.2 cm³/mol. The second-order valence-electron chi connectivity index (χ2n) is 5.56. The van der Waals surface area contributed by atoms with E-state index >= 15 is 0 Å². The molecule has 0 unspecified atom stereocenters. The van der Waals surface area contributed by atoms with Crippen LogP contribution in [0.3, 0.4) is 0 Å². The maximum absolute atomic E-state index is 12.5. The molecule has 0 saturated heterocycles. The summed E-state index contributed by atoms with van der Waals surface area (Å²) in [4.78, 5) is 28.9. The first-order chi connectivity index (χ1) is 12.1. The maximum Gasteiger partial charge on any atom is 0.326 e. The number of carbonyl (C=O) groups is 1. The zero-order chi connectivity index (χ0) is 17.6. The first-order valence-electron chi connectivity index (χ1n) is 7.98. The van der Waals surface area contributed by atoms with Crippen molar-refractivity contribution in [3.63, 3.8) is 0 Å². The normalized spacial score (nSPS) is 11.1. The molecule has 25 heavy (non-hydrogen) atoms. The summed E-state index contributed by atoms with van der Waals surface area (Å²) < 4.78 is 6.52. The Hall–Kier alpha value is -3.21. The monoisotopic (exact) mass is 334 g/mol. The molecule has 0 saturated carbocycles. The highest BCUT2D eigenvalue weighted by molar-refractivity contribution is 5.78. The molecule has 5 heteroatoms. The minimum absolute atomic E-state index is 0.151. The zero-order valence-corrected chi connectivity index (χ0v) is 13.9. The molecule has 1 heterocycles. The molecule has 0 atom stereocenters. The molecule has 1 aromatic heterocycles. The van der Waals surface area contributed by atoms with Gasteiger partial charge in [0.25, 0.3) is 5.56 Å². The van der Waals surface area contributed by atoms with E-state index in [0.29, 0.717) is 16.7 Å². The van der Waals surface area contributed by atoms with Crippen LogP contribution in [0.15, 0.2) is 65.5 Å². The highest BCUT2D eigenvalue weighted by Crippen LogP contribution is 2.07. The predicted octanol–water partition coefficient (Wildman–Crippen LogP) is 2.96. The fraction of sp³-hybridized carbons (Fsp3) is 0.150. The van der Waals surface area contributed by atoms with E-state index < -0.39 is 5.97 Å². The summed E-state index contributed by atoms with van der Waals surface area (Å²) in [7, 11) is 0. The molecular weight excluding hydrogens is 316 g/mol. The lowest BCUT2D eigenvalue weighted by atomic mass is 10.2. The number of fused-ring (bicyclic) bond motifs is 1. The number of aromatic nitrogens is 2. The van der Waals surface area contributed by atoms with Crippen LogP contribution in [0.1, 0.15) is 11.4 Å². The van der Waals surface area contributed by atoms with Gasteiger partial charge in [-0.2, -0.15) is 0 Å². The molecule has 3 rings (SSSR count). The average molecular weight is 334 g/mol. The molecule has 0 radical (unpaired) electrons. The molecule has 126 valence electrons. The van der Waals surface area contributed by atoms with Gasteiger partial charge < -0.3 is 4.74 Å². The summed E-state index contributed by atoms with van der Waals surface area (Å²) in [6.07, 6.45) is 3.64. The van der Waals surface area contributed by atoms with Crippen molar-refractivity contribution in [3.05, 3.63) is 82.4 Å². The van der Waals surface area contributed by atoms with Crippen LogP contribution >= 0.6 is 0 Å². The van der Waals surface area contributed by atoms with Gasteiger partial charge in [0, 0.05) is 0 Å². The highest BCUT2D eigenvalue weighted by Gasteiger charge is 2.11. The van der Waals surface area contributed by atoms with Gasteiger partial charge >= 0.3 is 5.97 Å². The average Bonchev–Trinajstić information content (AvgIpc) is 2.63. The van der Waals surface area contributed by atoms with Crippen LogP contribution < -0.4 is 5.56 Å². The van der Waals surface area contributed by atoms with Gasteiger partial charge in [-0.05, 0) is 30.7 Å². The van der Waals surface area contributed by atoms with Gasteiger partial charge in [-0.1, -0.05) is 48.5 Å². The molecule has 3 aromatic rings. The zero-order valence-electron chi connectivity index (χ0n) is 13.9. The van der Waals surface area contributed by atoms with Crippen LogP contribution in [0.2, 0.25) is 0 Å². The van der Waals surface area contributed by atoms with Gasteiger partial charge in [0.1, 0.15) is 19.0 Å². The topological polar surface area (TPSA) is 61.2 Å². The van der Waals surface area contributed by atoms with E-state index in [1.807, 2.05) is 42.5 Å². The summed E-state index contributed by atoms with van der Waals surface area (Å²) in [5, 5.41) is 0.491. The van der Waals surface area contributed by atoms with Crippen LogP contribution in [-0.4, -0.2) is 22.1 Å². The van der Waals surface area contributed by atoms with Gasteiger partial charge in [-0.3, -0.25) is 14.2 Å². The van der Waals surface area contributed by atoms with Crippen LogP contribution in [0.25, 0.3) is 17.0 Å². The number of nitrogens with zero attached hydrogens (tertiary/aromatic N) is 2. The molecule has 2 aromatic carbocycles. The van der Waals surface area contributed by atoms with Gasteiger partial charge in [-0.25, -0.2) is 4.98 Å². The SMILES string of the molecule is Cc1nc2ccccc2c(=O)n1CC(=O)OC/C=C\c1ccccc1. The summed E-state index contributed by atoms with van der Waals surface area (Å²) in [5.41, 5.74) is 1.42. The summed E-state index contributed by atoms with van der Waals surface area (Å²) in [5.74, 6) is 0.0143. The summed E-state index contributed by atoms with van der Waals surface area (Å²) in [6, 6.07) is 16.8. The van der Waals surface area contributed by atoms with Crippen molar-refractivity contribution >= 4 is 22.9 Å². The minimum atomic E-state index is -0.472. The first-order valence-corrected chi connectivity index (χ1v) is 7.98. The summed E-state index contributed by atoms with van der Waals surface area (Å²) >= 11 is 0. The number of hydrogen-bond donors (Lipinski definition) is 0. The van der Waals surface area contributed by atoms with E-state index in [0.717, 1.165) is 5.56 Å². The fourth-order valence-corrected chi connectivity index (χ4v) is 2.53. The van der Waals surface area contributed by atoms with Gasteiger partial charge in [0.15, 0.2) is 0 Å². The Morgan fingerprint density at radius 1 is 1.12 bits per heavy atom. The summed E-state index contributed by atoms with van der Waals surface area (Å²) in [6.45, 7) is 1.71. The Kier molecular flexibility index (Phi) is 5.04. The van der Waals surface area contributed by atoms with Crippen molar-refractivity contribution in [2.24, 2.45) is 0 Å². The maximum atomic E-state index is 12.5. The van der Waals surface area contributed by atoms with Crippen molar-refractivity contribution in [2.45, 2.75) is 13.5 Å². The number of rotatable bonds is 5. The van der Waals surface area contributed by atoms with E-state index in [1.165, 1.54) is 4.57 Å². The Labute approximate surface area is 145 Å². The molecule has 5 nitrogen and oxygen atoms in total. The standard InChI is InChI=1S/C20H18N2O3/c1-15-21-18-12-6-5-11-17(18)20(24)22(15)14-19(23)25-13-7-10-16-8-3-2-4-9-16/h2-12H,13-14H2,1H3/b10-7-. The quantitative estimate of drug-likeness (QED) is 0.673. The van der Waals surface area contributed by atoms with E-state index in [2.05, 4.69) is 4.98 Å². The number of hydrogen-bond acceptors (Lipinski definition) is 4. The van der Waals surface area contributed by atoms with Gasteiger partial charge in [0.2, 0.25) is 0 Å². The molecule has 0 fully saturated rings. The highest BCUT2D eigenvalue weighted by atomic mass is 16.5. The van der Waals surface area contributed by atoms with Crippen molar-refractivity contribution in [2.75, 3.05) is 6.61 Å². The van der Waals surface area contributed by atoms with Crippen LogP contribution in [-0.2, 0) is 16.1 Å². The minimum Gasteiger partial charge on any atom is -0.460 e. The van der Waals surface area contributed by atoms with Crippen LogP contribution in [0.4, 0.5) is 0 Å². The lowest BCUT2D eigenvalue weighted by molar-refractivity contribution is -0.143. The van der Waals surface area contributed by atoms with Crippen LogP contribution in [0.5, 0.6) is 0 Å². The van der Waals surface area contributed by atoms with Crippen LogP contribution in [0, 0.1) is 6.92 Å². The second kappa shape index (κ2) is 7.57. The number of aryl methyl sites for hydroxylation is 1. The molecule has 0 N–H and O–H groups in total. The molecular formula is C20H18N2O3. The second-order valence-corrected chi connectivity index (χ2v) is 5.56. The van der Waals surface area contributed by atoms with E-state index in [4.69, 9.17) is 4.74 Å². The number of esters is 1.